The number of carbonyl (C=O) groups excluding carboxylic acids is 1. The van der Waals surface area contributed by atoms with E-state index in [0.29, 0.717) is 24.7 Å². The van der Waals surface area contributed by atoms with Crippen molar-refractivity contribution in [2.75, 3.05) is 31.1 Å². The van der Waals surface area contributed by atoms with E-state index in [2.05, 4.69) is 19.9 Å². The normalized spacial score (nSPS) is 14.8. The van der Waals surface area contributed by atoms with Crippen LogP contribution in [0.25, 0.3) is 0 Å². The van der Waals surface area contributed by atoms with Crippen LogP contribution in [-0.2, 0) is 11.2 Å². The summed E-state index contributed by atoms with van der Waals surface area (Å²) in [6, 6.07) is 5.64. The minimum absolute atomic E-state index is 0.189. The van der Waals surface area contributed by atoms with Gasteiger partial charge in [-0.2, -0.15) is 0 Å². The largest absolute Gasteiger partial charge is 0.353 e. The van der Waals surface area contributed by atoms with Crippen LogP contribution >= 0.6 is 11.6 Å². The van der Waals surface area contributed by atoms with E-state index < -0.39 is 0 Å². The van der Waals surface area contributed by atoms with Crippen molar-refractivity contribution in [1.82, 2.24) is 19.9 Å². The molecule has 1 saturated heterocycles. The fourth-order valence-corrected chi connectivity index (χ4v) is 2.78. The van der Waals surface area contributed by atoms with E-state index in [1.807, 2.05) is 23.2 Å². The molecule has 0 aliphatic carbocycles. The van der Waals surface area contributed by atoms with Gasteiger partial charge in [0.2, 0.25) is 5.91 Å². The number of aromatic nitrogens is 3. The maximum atomic E-state index is 12.3. The van der Waals surface area contributed by atoms with Crippen LogP contribution in [0.3, 0.4) is 0 Å². The van der Waals surface area contributed by atoms with Gasteiger partial charge in [-0.25, -0.2) is 9.97 Å². The molecule has 0 radical (unpaired) electrons. The summed E-state index contributed by atoms with van der Waals surface area (Å²) in [6.45, 7) is 2.92. The number of amides is 1. The van der Waals surface area contributed by atoms with Crippen molar-refractivity contribution in [2.45, 2.75) is 12.8 Å². The van der Waals surface area contributed by atoms with E-state index in [4.69, 9.17) is 11.6 Å². The topological polar surface area (TPSA) is 62.2 Å². The number of aryl methyl sites for hydroxylation is 1. The highest BCUT2D eigenvalue weighted by atomic mass is 35.5. The maximum Gasteiger partial charge on any atom is 0.223 e. The minimum Gasteiger partial charge on any atom is -0.353 e. The smallest absolute Gasteiger partial charge is 0.223 e. The number of nitrogens with zero attached hydrogens (tertiary/aromatic N) is 5. The molecule has 7 heteroatoms. The SMILES string of the molecule is O=C(CCc1cccnc1)N1CCN(c2cc(Cl)ncn2)CC1. The number of rotatable bonds is 4. The molecule has 1 aliphatic heterocycles. The highest BCUT2D eigenvalue weighted by Gasteiger charge is 2.21. The zero-order chi connectivity index (χ0) is 16.1. The third kappa shape index (κ3) is 4.16. The molecule has 0 N–H and O–H groups in total. The summed E-state index contributed by atoms with van der Waals surface area (Å²) in [4.78, 5) is 28.5. The Labute approximate surface area is 140 Å². The van der Waals surface area contributed by atoms with Crippen molar-refractivity contribution >= 4 is 23.3 Å². The van der Waals surface area contributed by atoms with Crippen molar-refractivity contribution in [3.05, 3.63) is 47.6 Å². The number of piperazine rings is 1. The summed E-state index contributed by atoms with van der Waals surface area (Å²) >= 11 is 5.90. The standard InChI is InChI=1S/C16H18ClN5O/c17-14-10-15(20-12-19-14)21-6-8-22(9-7-21)16(23)4-3-13-2-1-5-18-11-13/h1-2,5,10-12H,3-4,6-9H2. The average Bonchev–Trinajstić information content (AvgIpc) is 2.61. The molecule has 1 amide bonds. The Kier molecular flexibility index (Phi) is 5.02. The molecule has 1 aliphatic rings. The molecular formula is C16H18ClN5O. The van der Waals surface area contributed by atoms with Crippen LogP contribution in [0.5, 0.6) is 0 Å². The molecule has 0 saturated carbocycles. The lowest BCUT2D eigenvalue weighted by Gasteiger charge is -2.35. The second-order valence-corrected chi connectivity index (χ2v) is 5.82. The van der Waals surface area contributed by atoms with Crippen LogP contribution in [0.1, 0.15) is 12.0 Å². The van der Waals surface area contributed by atoms with Gasteiger partial charge < -0.3 is 9.80 Å². The molecule has 0 aromatic carbocycles. The fourth-order valence-electron chi connectivity index (χ4n) is 2.64. The number of carbonyl (C=O) groups is 1. The van der Waals surface area contributed by atoms with Crippen molar-refractivity contribution in [2.24, 2.45) is 0 Å². The summed E-state index contributed by atoms with van der Waals surface area (Å²) < 4.78 is 0. The lowest BCUT2D eigenvalue weighted by molar-refractivity contribution is -0.131. The Morgan fingerprint density at radius 1 is 1.22 bits per heavy atom. The van der Waals surface area contributed by atoms with Crippen LogP contribution in [0.2, 0.25) is 5.15 Å². The van der Waals surface area contributed by atoms with Gasteiger partial charge in [0.1, 0.15) is 17.3 Å². The van der Waals surface area contributed by atoms with Gasteiger partial charge in [0.05, 0.1) is 0 Å². The summed E-state index contributed by atoms with van der Waals surface area (Å²) in [5.41, 5.74) is 1.09. The van der Waals surface area contributed by atoms with Crippen LogP contribution in [-0.4, -0.2) is 51.9 Å². The first-order valence-corrected chi connectivity index (χ1v) is 7.99. The second-order valence-electron chi connectivity index (χ2n) is 5.43. The first kappa shape index (κ1) is 15.7. The van der Waals surface area contributed by atoms with Gasteiger partial charge in [-0.15, -0.1) is 0 Å². The van der Waals surface area contributed by atoms with Crippen molar-refractivity contribution < 1.29 is 4.79 Å². The van der Waals surface area contributed by atoms with E-state index in [-0.39, 0.29) is 5.91 Å². The molecule has 0 spiro atoms. The molecule has 3 heterocycles. The quantitative estimate of drug-likeness (QED) is 0.800. The van der Waals surface area contributed by atoms with Crippen molar-refractivity contribution in [3.63, 3.8) is 0 Å². The summed E-state index contributed by atoms with van der Waals surface area (Å²) in [5, 5.41) is 0.435. The monoisotopic (exact) mass is 331 g/mol. The highest BCUT2D eigenvalue weighted by molar-refractivity contribution is 6.29. The van der Waals surface area contributed by atoms with E-state index in [1.165, 1.54) is 6.33 Å². The average molecular weight is 332 g/mol. The molecular weight excluding hydrogens is 314 g/mol. The van der Waals surface area contributed by atoms with E-state index in [1.54, 1.807) is 12.3 Å². The van der Waals surface area contributed by atoms with Crippen LogP contribution < -0.4 is 4.90 Å². The van der Waals surface area contributed by atoms with E-state index >= 15 is 0 Å². The van der Waals surface area contributed by atoms with Gasteiger partial charge in [-0.05, 0) is 18.1 Å². The molecule has 2 aromatic rings. The lowest BCUT2D eigenvalue weighted by atomic mass is 10.1. The predicted octanol–water partition coefficient (Wildman–Crippen LogP) is 1.81. The van der Waals surface area contributed by atoms with Gasteiger partial charge in [-0.1, -0.05) is 17.7 Å². The molecule has 1 fully saturated rings. The first-order valence-electron chi connectivity index (χ1n) is 7.61. The predicted molar refractivity (Wildman–Crippen MR) is 88.4 cm³/mol. The molecule has 0 atom stereocenters. The molecule has 120 valence electrons. The molecule has 0 bridgehead atoms. The Morgan fingerprint density at radius 2 is 2.04 bits per heavy atom. The number of hydrogen-bond donors (Lipinski definition) is 0. The van der Waals surface area contributed by atoms with E-state index in [9.17, 15) is 4.79 Å². The van der Waals surface area contributed by atoms with Gasteiger partial charge in [-0.3, -0.25) is 9.78 Å². The molecule has 3 rings (SSSR count). The Hall–Kier alpha value is -2.21. The van der Waals surface area contributed by atoms with Crippen molar-refractivity contribution in [3.8, 4) is 0 Å². The van der Waals surface area contributed by atoms with Gasteiger partial charge in [0, 0.05) is 51.1 Å². The van der Waals surface area contributed by atoms with E-state index in [0.717, 1.165) is 30.9 Å². The maximum absolute atomic E-state index is 12.3. The molecule has 23 heavy (non-hydrogen) atoms. The van der Waals surface area contributed by atoms with Gasteiger partial charge in [0.15, 0.2) is 0 Å². The third-order valence-electron chi connectivity index (χ3n) is 3.93. The van der Waals surface area contributed by atoms with Crippen molar-refractivity contribution in [1.29, 1.82) is 0 Å². The Balaban J connectivity index is 1.49. The highest BCUT2D eigenvalue weighted by Crippen LogP contribution is 2.16. The zero-order valence-corrected chi connectivity index (χ0v) is 13.5. The van der Waals surface area contributed by atoms with Gasteiger partial charge >= 0.3 is 0 Å². The summed E-state index contributed by atoms with van der Waals surface area (Å²) in [6.07, 6.45) is 6.26. The molecule has 6 nitrogen and oxygen atoms in total. The number of pyridine rings is 1. The zero-order valence-electron chi connectivity index (χ0n) is 12.7. The molecule has 2 aromatic heterocycles. The lowest BCUT2D eigenvalue weighted by Crippen LogP contribution is -2.49. The van der Waals surface area contributed by atoms with Crippen LogP contribution in [0, 0.1) is 0 Å². The Morgan fingerprint density at radius 3 is 2.74 bits per heavy atom. The Bertz CT molecular complexity index is 659. The fraction of sp³-hybridized carbons (Fsp3) is 0.375. The first-order chi connectivity index (χ1) is 11.2. The number of anilines is 1. The number of halogens is 1. The van der Waals surface area contributed by atoms with Crippen LogP contribution in [0.4, 0.5) is 5.82 Å². The summed E-state index contributed by atoms with van der Waals surface area (Å²) in [5.74, 6) is 1.00. The number of hydrogen-bond acceptors (Lipinski definition) is 5. The minimum atomic E-state index is 0.189. The third-order valence-corrected chi connectivity index (χ3v) is 4.13. The van der Waals surface area contributed by atoms with Gasteiger partial charge in [0.25, 0.3) is 0 Å². The second kappa shape index (κ2) is 7.37. The summed E-state index contributed by atoms with van der Waals surface area (Å²) in [7, 11) is 0. The molecule has 0 unspecified atom stereocenters. The van der Waals surface area contributed by atoms with Crippen LogP contribution in [0.15, 0.2) is 36.9 Å².